The predicted molar refractivity (Wildman–Crippen MR) is 60.5 cm³/mol. The minimum atomic E-state index is 0.217. The van der Waals surface area contributed by atoms with E-state index >= 15 is 0 Å². The van der Waals surface area contributed by atoms with Crippen LogP contribution in [0.15, 0.2) is 23.2 Å². The van der Waals surface area contributed by atoms with E-state index in [1.807, 2.05) is 0 Å². The average Bonchev–Trinajstić information content (AvgIpc) is 2.18. The van der Waals surface area contributed by atoms with Crippen LogP contribution in [0.5, 0.6) is 5.75 Å². The molecular weight excluding hydrogens is 198 g/mol. The van der Waals surface area contributed by atoms with Crippen LogP contribution in [0.2, 0.25) is 5.02 Å². The number of phenolic OH excluding ortho intramolecular Hbond substituents is 1. The molecule has 1 aromatic carbocycles. The topological polar surface area (TPSA) is 32.6 Å². The SMILES string of the molecule is CCCCN=Cc1cc(Cl)ccc1O. The Morgan fingerprint density at radius 1 is 1.50 bits per heavy atom. The molecule has 1 N–H and O–H groups in total. The highest BCUT2D eigenvalue weighted by Crippen LogP contribution is 2.19. The molecule has 3 heteroatoms. The quantitative estimate of drug-likeness (QED) is 0.602. The van der Waals surface area contributed by atoms with Gasteiger partial charge in [-0.15, -0.1) is 0 Å². The van der Waals surface area contributed by atoms with Gasteiger partial charge in [-0.05, 0) is 24.6 Å². The van der Waals surface area contributed by atoms with Crippen molar-refractivity contribution >= 4 is 17.8 Å². The lowest BCUT2D eigenvalue weighted by atomic mass is 10.2. The second-order valence-electron chi connectivity index (χ2n) is 3.09. The minimum Gasteiger partial charge on any atom is -0.507 e. The molecule has 0 bridgehead atoms. The summed E-state index contributed by atoms with van der Waals surface area (Å²) in [5.74, 6) is 0.217. The highest BCUT2D eigenvalue weighted by Gasteiger charge is 1.97. The first kappa shape index (κ1) is 11.1. The van der Waals surface area contributed by atoms with Crippen molar-refractivity contribution in [2.75, 3.05) is 6.54 Å². The molecule has 0 aromatic heterocycles. The van der Waals surface area contributed by atoms with Gasteiger partial charge >= 0.3 is 0 Å². The summed E-state index contributed by atoms with van der Waals surface area (Å²) in [5, 5.41) is 10.1. The lowest BCUT2D eigenvalue weighted by Crippen LogP contribution is -1.85. The van der Waals surface area contributed by atoms with Crippen LogP contribution >= 0.6 is 11.6 Å². The van der Waals surface area contributed by atoms with Gasteiger partial charge in [0, 0.05) is 23.3 Å². The van der Waals surface area contributed by atoms with Gasteiger partial charge < -0.3 is 5.11 Å². The van der Waals surface area contributed by atoms with Gasteiger partial charge in [0.05, 0.1) is 0 Å². The number of hydrogen-bond donors (Lipinski definition) is 1. The average molecular weight is 212 g/mol. The molecule has 76 valence electrons. The molecule has 0 saturated carbocycles. The van der Waals surface area contributed by atoms with Crippen molar-refractivity contribution in [3.05, 3.63) is 28.8 Å². The Labute approximate surface area is 89.2 Å². The zero-order valence-corrected chi connectivity index (χ0v) is 8.96. The second kappa shape index (κ2) is 5.66. The standard InChI is InChI=1S/C11H14ClNO/c1-2-3-6-13-8-9-7-10(12)4-5-11(9)14/h4-5,7-8,14H,2-3,6H2,1H3. The van der Waals surface area contributed by atoms with E-state index in [2.05, 4.69) is 11.9 Å². The number of halogens is 1. The summed E-state index contributed by atoms with van der Waals surface area (Å²) >= 11 is 5.78. The zero-order chi connectivity index (χ0) is 10.4. The minimum absolute atomic E-state index is 0.217. The summed E-state index contributed by atoms with van der Waals surface area (Å²) in [6.07, 6.45) is 3.85. The highest BCUT2D eigenvalue weighted by molar-refractivity contribution is 6.30. The Balaban J connectivity index is 2.65. The third-order valence-corrected chi connectivity index (χ3v) is 2.10. The summed E-state index contributed by atoms with van der Waals surface area (Å²) in [4.78, 5) is 4.19. The molecule has 0 aliphatic rings. The number of phenols is 1. The maximum absolute atomic E-state index is 9.44. The van der Waals surface area contributed by atoms with E-state index in [4.69, 9.17) is 11.6 Å². The fourth-order valence-electron chi connectivity index (χ4n) is 1.04. The molecule has 0 unspecified atom stereocenters. The van der Waals surface area contributed by atoms with Crippen molar-refractivity contribution in [2.24, 2.45) is 4.99 Å². The third-order valence-electron chi connectivity index (χ3n) is 1.86. The second-order valence-corrected chi connectivity index (χ2v) is 3.53. The molecular formula is C11H14ClNO. The number of nitrogens with zero attached hydrogens (tertiary/aromatic N) is 1. The smallest absolute Gasteiger partial charge is 0.124 e. The van der Waals surface area contributed by atoms with Crippen molar-refractivity contribution in [2.45, 2.75) is 19.8 Å². The van der Waals surface area contributed by atoms with Crippen LogP contribution in [-0.4, -0.2) is 17.9 Å². The molecule has 14 heavy (non-hydrogen) atoms. The Kier molecular flexibility index (Phi) is 4.47. The van der Waals surface area contributed by atoms with Gasteiger partial charge in [-0.2, -0.15) is 0 Å². The van der Waals surface area contributed by atoms with Crippen LogP contribution in [0, 0.1) is 0 Å². The maximum Gasteiger partial charge on any atom is 0.124 e. The predicted octanol–water partition coefficient (Wildman–Crippen LogP) is 3.26. The Morgan fingerprint density at radius 2 is 2.29 bits per heavy atom. The number of hydrogen-bond acceptors (Lipinski definition) is 2. The van der Waals surface area contributed by atoms with Crippen LogP contribution in [-0.2, 0) is 0 Å². The number of unbranched alkanes of at least 4 members (excludes halogenated alkanes) is 1. The monoisotopic (exact) mass is 211 g/mol. The maximum atomic E-state index is 9.44. The van der Waals surface area contributed by atoms with Gasteiger partial charge in [0.15, 0.2) is 0 Å². The number of aliphatic imine (C=N–C) groups is 1. The first-order chi connectivity index (χ1) is 6.74. The summed E-state index contributed by atoms with van der Waals surface area (Å²) in [5.41, 5.74) is 0.675. The zero-order valence-electron chi connectivity index (χ0n) is 8.20. The van der Waals surface area contributed by atoms with Gasteiger partial charge in [-0.1, -0.05) is 24.9 Å². The fraction of sp³-hybridized carbons (Fsp3) is 0.364. The van der Waals surface area contributed by atoms with Crippen molar-refractivity contribution < 1.29 is 5.11 Å². The van der Waals surface area contributed by atoms with Gasteiger partial charge in [0.2, 0.25) is 0 Å². The largest absolute Gasteiger partial charge is 0.507 e. The van der Waals surface area contributed by atoms with Gasteiger partial charge in [0.25, 0.3) is 0 Å². The van der Waals surface area contributed by atoms with Crippen molar-refractivity contribution in [1.82, 2.24) is 0 Å². The van der Waals surface area contributed by atoms with E-state index in [9.17, 15) is 5.11 Å². The lowest BCUT2D eigenvalue weighted by molar-refractivity contribution is 0.474. The molecule has 0 radical (unpaired) electrons. The van der Waals surface area contributed by atoms with E-state index in [-0.39, 0.29) is 5.75 Å². The van der Waals surface area contributed by atoms with E-state index in [0.29, 0.717) is 10.6 Å². The molecule has 0 fully saturated rings. The van der Waals surface area contributed by atoms with Gasteiger partial charge in [-0.25, -0.2) is 0 Å². The van der Waals surface area contributed by atoms with Crippen molar-refractivity contribution in [3.63, 3.8) is 0 Å². The molecule has 1 aromatic rings. The summed E-state index contributed by atoms with van der Waals surface area (Å²) < 4.78 is 0. The first-order valence-corrected chi connectivity index (χ1v) is 5.10. The first-order valence-electron chi connectivity index (χ1n) is 4.72. The van der Waals surface area contributed by atoms with Crippen LogP contribution in [0.25, 0.3) is 0 Å². The summed E-state index contributed by atoms with van der Waals surface area (Å²) in [6, 6.07) is 4.93. The highest BCUT2D eigenvalue weighted by atomic mass is 35.5. The van der Waals surface area contributed by atoms with Crippen LogP contribution in [0.4, 0.5) is 0 Å². The van der Waals surface area contributed by atoms with Gasteiger partial charge in [0.1, 0.15) is 5.75 Å². The van der Waals surface area contributed by atoms with E-state index < -0.39 is 0 Å². The van der Waals surface area contributed by atoms with Crippen molar-refractivity contribution in [1.29, 1.82) is 0 Å². The lowest BCUT2D eigenvalue weighted by Gasteiger charge is -1.98. The molecule has 0 heterocycles. The number of rotatable bonds is 4. The van der Waals surface area contributed by atoms with E-state index in [1.54, 1.807) is 24.4 Å². The summed E-state index contributed by atoms with van der Waals surface area (Å²) in [7, 11) is 0. The van der Waals surface area contributed by atoms with E-state index in [1.165, 1.54) is 0 Å². The molecule has 0 aliphatic carbocycles. The molecule has 2 nitrogen and oxygen atoms in total. The van der Waals surface area contributed by atoms with Crippen LogP contribution in [0.1, 0.15) is 25.3 Å². The number of aromatic hydroxyl groups is 1. The molecule has 0 spiro atoms. The molecule has 0 aliphatic heterocycles. The molecule has 0 amide bonds. The summed E-state index contributed by atoms with van der Waals surface area (Å²) in [6.45, 7) is 2.91. The molecule has 0 atom stereocenters. The van der Waals surface area contributed by atoms with E-state index in [0.717, 1.165) is 19.4 Å². The molecule has 0 saturated heterocycles. The normalized spacial score (nSPS) is 11.0. The fourth-order valence-corrected chi connectivity index (χ4v) is 1.22. The van der Waals surface area contributed by atoms with Gasteiger partial charge in [-0.3, -0.25) is 4.99 Å². The Hall–Kier alpha value is -1.02. The molecule has 1 rings (SSSR count). The van der Waals surface area contributed by atoms with Crippen LogP contribution in [0.3, 0.4) is 0 Å². The Morgan fingerprint density at radius 3 is 3.00 bits per heavy atom. The van der Waals surface area contributed by atoms with Crippen molar-refractivity contribution in [3.8, 4) is 5.75 Å². The number of benzene rings is 1. The Bertz CT molecular complexity index is 323. The van der Waals surface area contributed by atoms with Crippen LogP contribution < -0.4 is 0 Å². The third kappa shape index (κ3) is 3.38.